The van der Waals surface area contributed by atoms with E-state index in [1.807, 2.05) is 6.07 Å². The molecular formula is C15H25N3S. The molecule has 0 aromatic carbocycles. The smallest absolute Gasteiger partial charge is 0.131 e. The fourth-order valence-corrected chi connectivity index (χ4v) is 2.74. The van der Waals surface area contributed by atoms with Gasteiger partial charge in [-0.15, -0.1) is 0 Å². The van der Waals surface area contributed by atoms with E-state index in [1.54, 1.807) is 0 Å². The highest BCUT2D eigenvalue weighted by Crippen LogP contribution is 2.23. The van der Waals surface area contributed by atoms with E-state index >= 15 is 0 Å². The second-order valence-electron chi connectivity index (χ2n) is 6.56. The predicted molar refractivity (Wildman–Crippen MR) is 83.2 cm³/mol. The Morgan fingerprint density at radius 1 is 1.21 bits per heavy atom. The van der Waals surface area contributed by atoms with E-state index in [1.165, 1.54) is 38.5 Å². The molecule has 0 amide bonds. The van der Waals surface area contributed by atoms with Gasteiger partial charge in [0.25, 0.3) is 0 Å². The normalized spacial score (nSPS) is 18.1. The van der Waals surface area contributed by atoms with Crippen LogP contribution in [0.1, 0.15) is 65.1 Å². The van der Waals surface area contributed by atoms with Crippen LogP contribution in [-0.4, -0.2) is 16.0 Å². The summed E-state index contributed by atoms with van der Waals surface area (Å²) >= 11 is 5.28. The molecule has 1 aliphatic rings. The first-order valence-corrected chi connectivity index (χ1v) is 7.74. The van der Waals surface area contributed by atoms with Gasteiger partial charge in [0.2, 0.25) is 0 Å². The molecule has 1 heterocycles. The van der Waals surface area contributed by atoms with Crippen molar-refractivity contribution < 1.29 is 0 Å². The number of nitrogens with zero attached hydrogens (tertiary/aromatic N) is 1. The van der Waals surface area contributed by atoms with Gasteiger partial charge in [0.1, 0.15) is 16.3 Å². The third-order valence-electron chi connectivity index (χ3n) is 3.67. The van der Waals surface area contributed by atoms with Crippen LogP contribution in [0.4, 0.5) is 5.82 Å². The number of nitrogens with one attached hydrogen (secondary N) is 2. The number of rotatable bonds is 2. The van der Waals surface area contributed by atoms with Crippen LogP contribution in [-0.2, 0) is 5.41 Å². The first-order chi connectivity index (χ1) is 8.95. The van der Waals surface area contributed by atoms with Crippen molar-refractivity contribution >= 4 is 18.0 Å². The van der Waals surface area contributed by atoms with E-state index in [2.05, 4.69) is 36.1 Å². The molecule has 1 saturated carbocycles. The van der Waals surface area contributed by atoms with Crippen molar-refractivity contribution in [1.29, 1.82) is 0 Å². The second kappa shape index (κ2) is 6.04. The molecule has 2 rings (SSSR count). The molecular weight excluding hydrogens is 254 g/mol. The lowest BCUT2D eigenvalue weighted by Crippen LogP contribution is -2.22. The zero-order chi connectivity index (χ0) is 13.9. The highest BCUT2D eigenvalue weighted by molar-refractivity contribution is 7.71. The Morgan fingerprint density at radius 2 is 1.84 bits per heavy atom. The number of H-pyrrole nitrogens is 1. The Hall–Kier alpha value is -0.900. The zero-order valence-corrected chi connectivity index (χ0v) is 13.1. The molecule has 1 fully saturated rings. The van der Waals surface area contributed by atoms with Crippen LogP contribution in [0.2, 0.25) is 0 Å². The van der Waals surface area contributed by atoms with Crippen LogP contribution >= 0.6 is 12.2 Å². The predicted octanol–water partition coefficient (Wildman–Crippen LogP) is 4.57. The lowest BCUT2D eigenvalue weighted by atomic mass is 9.96. The van der Waals surface area contributed by atoms with E-state index in [-0.39, 0.29) is 5.41 Å². The van der Waals surface area contributed by atoms with E-state index in [0.717, 1.165) is 11.6 Å². The van der Waals surface area contributed by atoms with Gasteiger partial charge in [-0.1, -0.05) is 58.7 Å². The number of hydrogen-bond acceptors (Lipinski definition) is 3. The van der Waals surface area contributed by atoms with Crippen LogP contribution in [0, 0.1) is 4.64 Å². The molecule has 1 aliphatic carbocycles. The summed E-state index contributed by atoms with van der Waals surface area (Å²) in [6, 6.07) is 2.51. The van der Waals surface area contributed by atoms with Crippen LogP contribution in [0.3, 0.4) is 0 Å². The minimum Gasteiger partial charge on any atom is -0.369 e. The first-order valence-electron chi connectivity index (χ1n) is 7.33. The third kappa shape index (κ3) is 4.30. The molecule has 1 aromatic rings. The summed E-state index contributed by atoms with van der Waals surface area (Å²) in [5.74, 6) is 1.98. The van der Waals surface area contributed by atoms with Crippen molar-refractivity contribution in [3.63, 3.8) is 0 Å². The fourth-order valence-electron chi connectivity index (χ4n) is 2.53. The largest absolute Gasteiger partial charge is 0.369 e. The van der Waals surface area contributed by atoms with Gasteiger partial charge in [0.15, 0.2) is 0 Å². The third-order valence-corrected chi connectivity index (χ3v) is 3.88. The van der Waals surface area contributed by atoms with Crippen molar-refractivity contribution in [2.45, 2.75) is 70.8 Å². The maximum atomic E-state index is 5.28. The van der Waals surface area contributed by atoms with Crippen molar-refractivity contribution in [3.05, 3.63) is 16.5 Å². The fraction of sp³-hybridized carbons (Fsp3) is 0.733. The molecule has 19 heavy (non-hydrogen) atoms. The summed E-state index contributed by atoms with van der Waals surface area (Å²) in [5, 5.41) is 3.61. The van der Waals surface area contributed by atoms with Crippen LogP contribution in [0.25, 0.3) is 0 Å². The summed E-state index contributed by atoms with van der Waals surface area (Å²) in [5.41, 5.74) is -0.00525. The Morgan fingerprint density at radius 3 is 2.42 bits per heavy atom. The molecule has 0 unspecified atom stereocenters. The molecule has 0 aliphatic heterocycles. The van der Waals surface area contributed by atoms with E-state index in [9.17, 15) is 0 Å². The SMILES string of the molecule is CC(C)(C)c1nc(=S)cc(NC2CCCCCC2)[nH]1. The van der Waals surface area contributed by atoms with E-state index in [0.29, 0.717) is 10.7 Å². The Kier molecular flexibility index (Phi) is 4.61. The van der Waals surface area contributed by atoms with E-state index in [4.69, 9.17) is 12.2 Å². The topological polar surface area (TPSA) is 40.7 Å². The minimum atomic E-state index is -0.00525. The molecule has 106 valence electrons. The molecule has 2 N–H and O–H groups in total. The number of aromatic nitrogens is 2. The zero-order valence-electron chi connectivity index (χ0n) is 12.3. The maximum absolute atomic E-state index is 5.28. The van der Waals surface area contributed by atoms with Gasteiger partial charge >= 0.3 is 0 Å². The molecule has 3 nitrogen and oxygen atoms in total. The maximum Gasteiger partial charge on any atom is 0.131 e. The van der Waals surface area contributed by atoms with Crippen molar-refractivity contribution in [3.8, 4) is 0 Å². The molecule has 1 aromatic heterocycles. The molecule has 4 heteroatoms. The summed E-state index contributed by atoms with van der Waals surface area (Å²) in [4.78, 5) is 7.84. The minimum absolute atomic E-state index is 0.00525. The van der Waals surface area contributed by atoms with Gasteiger partial charge in [-0.3, -0.25) is 0 Å². The van der Waals surface area contributed by atoms with Gasteiger partial charge in [0, 0.05) is 17.5 Å². The summed E-state index contributed by atoms with van der Waals surface area (Å²) < 4.78 is 0.666. The van der Waals surface area contributed by atoms with Crippen LogP contribution < -0.4 is 5.32 Å². The highest BCUT2D eigenvalue weighted by Gasteiger charge is 2.18. The first kappa shape index (κ1) is 14.5. The summed E-state index contributed by atoms with van der Waals surface area (Å²) in [6.45, 7) is 6.45. The number of hydrogen-bond donors (Lipinski definition) is 2. The van der Waals surface area contributed by atoms with Crippen molar-refractivity contribution in [2.75, 3.05) is 5.32 Å². The number of anilines is 1. The average Bonchev–Trinajstić information content (AvgIpc) is 2.55. The van der Waals surface area contributed by atoms with Gasteiger partial charge in [-0.05, 0) is 12.8 Å². The van der Waals surface area contributed by atoms with E-state index < -0.39 is 0 Å². The molecule has 0 spiro atoms. The van der Waals surface area contributed by atoms with Crippen molar-refractivity contribution in [1.82, 2.24) is 9.97 Å². The van der Waals surface area contributed by atoms with Gasteiger partial charge in [-0.25, -0.2) is 4.98 Å². The van der Waals surface area contributed by atoms with Crippen LogP contribution in [0.5, 0.6) is 0 Å². The molecule has 0 atom stereocenters. The van der Waals surface area contributed by atoms with Gasteiger partial charge < -0.3 is 10.3 Å². The van der Waals surface area contributed by atoms with Gasteiger partial charge in [0.05, 0.1) is 0 Å². The lowest BCUT2D eigenvalue weighted by molar-refractivity contribution is 0.542. The monoisotopic (exact) mass is 279 g/mol. The Labute approximate surface area is 121 Å². The molecule has 0 radical (unpaired) electrons. The average molecular weight is 279 g/mol. The summed E-state index contributed by atoms with van der Waals surface area (Å²) in [7, 11) is 0. The lowest BCUT2D eigenvalue weighted by Gasteiger charge is -2.21. The number of aromatic amines is 1. The highest BCUT2D eigenvalue weighted by atomic mass is 32.1. The van der Waals surface area contributed by atoms with Crippen LogP contribution in [0.15, 0.2) is 6.07 Å². The quantitative estimate of drug-likeness (QED) is 0.615. The standard InChI is InChI=1S/C15H25N3S/c1-15(2,3)14-17-12(10-13(19)18-14)16-11-8-6-4-5-7-9-11/h10-11H,4-9H2,1-3H3,(H2,16,17,18,19). The Balaban J connectivity index is 2.15. The van der Waals surface area contributed by atoms with Crippen molar-refractivity contribution in [2.24, 2.45) is 0 Å². The molecule has 0 saturated heterocycles. The summed E-state index contributed by atoms with van der Waals surface area (Å²) in [6.07, 6.45) is 7.92. The van der Waals surface area contributed by atoms with Gasteiger partial charge in [-0.2, -0.15) is 0 Å². The second-order valence-corrected chi connectivity index (χ2v) is 6.98. The molecule has 0 bridgehead atoms. The Bertz CT molecular complexity index is 465.